The minimum Gasteiger partial charge on any atom is -0.463 e. The molecule has 1 aliphatic rings. The summed E-state index contributed by atoms with van der Waals surface area (Å²) in [5.74, 6) is -1.19. The van der Waals surface area contributed by atoms with Crippen LogP contribution in [0.1, 0.15) is 24.1 Å². The van der Waals surface area contributed by atoms with Crippen LogP contribution >= 0.6 is 34.7 Å². The Morgan fingerprint density at radius 1 is 1.20 bits per heavy atom. The maximum atomic E-state index is 14.1. The van der Waals surface area contributed by atoms with Crippen LogP contribution in [0.3, 0.4) is 0 Å². The Morgan fingerprint density at radius 2 is 1.86 bits per heavy atom. The average molecular weight is 539 g/mol. The molecule has 1 aliphatic heterocycles. The van der Waals surface area contributed by atoms with Crippen molar-refractivity contribution in [2.75, 3.05) is 12.9 Å². The highest BCUT2D eigenvalue weighted by atomic mass is 35.5. The largest absolute Gasteiger partial charge is 0.463 e. The van der Waals surface area contributed by atoms with Crippen LogP contribution in [0.15, 0.2) is 74.5 Å². The molecule has 2 aromatic carbocycles. The Labute approximate surface area is 211 Å². The highest BCUT2D eigenvalue weighted by Gasteiger charge is 2.45. The van der Waals surface area contributed by atoms with E-state index in [0.29, 0.717) is 10.6 Å². The van der Waals surface area contributed by atoms with Crippen LogP contribution in [0.25, 0.3) is 6.08 Å². The predicted molar refractivity (Wildman–Crippen MR) is 130 cm³/mol. The summed E-state index contributed by atoms with van der Waals surface area (Å²) in [6.07, 6.45) is -1.42. The minimum atomic E-state index is -4.95. The van der Waals surface area contributed by atoms with Gasteiger partial charge in [-0.25, -0.2) is 9.79 Å². The van der Waals surface area contributed by atoms with Crippen molar-refractivity contribution in [2.24, 2.45) is 4.99 Å². The second-order valence-corrected chi connectivity index (χ2v) is 9.71. The van der Waals surface area contributed by atoms with Gasteiger partial charge in [0.25, 0.3) is 5.56 Å². The number of rotatable bonds is 5. The van der Waals surface area contributed by atoms with Crippen LogP contribution in [0.5, 0.6) is 0 Å². The molecule has 35 heavy (non-hydrogen) atoms. The lowest BCUT2D eigenvalue weighted by Crippen LogP contribution is -2.41. The summed E-state index contributed by atoms with van der Waals surface area (Å²) in [4.78, 5) is 30.9. The number of hydrogen-bond acceptors (Lipinski definition) is 6. The second-order valence-electron chi connectivity index (χ2n) is 7.39. The lowest BCUT2D eigenvalue weighted by molar-refractivity contribution is -0.140. The highest BCUT2D eigenvalue weighted by Crippen LogP contribution is 2.38. The van der Waals surface area contributed by atoms with Gasteiger partial charge in [0.1, 0.15) is 0 Å². The zero-order valence-electron chi connectivity index (χ0n) is 18.4. The number of nitrogens with zero attached hydrogens (tertiary/aromatic N) is 2. The second kappa shape index (κ2) is 10.0. The summed E-state index contributed by atoms with van der Waals surface area (Å²) in [6, 6.07) is 11.9. The van der Waals surface area contributed by atoms with Gasteiger partial charge in [0, 0.05) is 9.92 Å². The summed E-state index contributed by atoms with van der Waals surface area (Å²) in [5.41, 5.74) is -1.72. The number of alkyl halides is 3. The van der Waals surface area contributed by atoms with E-state index in [0.717, 1.165) is 20.8 Å². The summed E-state index contributed by atoms with van der Waals surface area (Å²) in [6.45, 7) is 1.35. The van der Waals surface area contributed by atoms with Crippen molar-refractivity contribution in [3.63, 3.8) is 0 Å². The van der Waals surface area contributed by atoms with E-state index >= 15 is 0 Å². The van der Waals surface area contributed by atoms with E-state index in [-0.39, 0.29) is 21.5 Å². The van der Waals surface area contributed by atoms with Crippen molar-refractivity contribution in [3.05, 3.63) is 95.6 Å². The molecule has 2 heterocycles. The van der Waals surface area contributed by atoms with Crippen LogP contribution in [0.2, 0.25) is 5.02 Å². The first-order chi connectivity index (χ1) is 16.6. The van der Waals surface area contributed by atoms with Gasteiger partial charge in [-0.3, -0.25) is 9.36 Å². The quantitative estimate of drug-likeness (QED) is 0.348. The third kappa shape index (κ3) is 5.10. The van der Waals surface area contributed by atoms with Gasteiger partial charge in [0.2, 0.25) is 0 Å². The molecular weight excluding hydrogens is 521 g/mol. The number of fused-ring (bicyclic) bond motifs is 1. The monoisotopic (exact) mass is 538 g/mol. The normalized spacial score (nSPS) is 16.2. The van der Waals surface area contributed by atoms with Gasteiger partial charge < -0.3 is 4.74 Å². The van der Waals surface area contributed by atoms with Crippen molar-refractivity contribution >= 4 is 46.7 Å². The molecule has 1 aromatic heterocycles. The Bertz CT molecular complexity index is 1470. The smallest absolute Gasteiger partial charge is 0.434 e. The third-order valence-corrected chi connectivity index (χ3v) is 7.17. The Kier molecular flexibility index (Phi) is 7.25. The number of halogens is 4. The lowest BCUT2D eigenvalue weighted by Gasteiger charge is -2.26. The molecule has 0 aliphatic carbocycles. The van der Waals surface area contributed by atoms with Crippen molar-refractivity contribution in [2.45, 2.75) is 24.0 Å². The number of carbonyl (C=O) groups is 1. The maximum absolute atomic E-state index is 14.1. The zero-order valence-corrected chi connectivity index (χ0v) is 20.8. The lowest BCUT2D eigenvalue weighted by atomic mass is 9.95. The molecule has 0 saturated carbocycles. The molecule has 0 unspecified atom stereocenters. The molecule has 5 nitrogen and oxygen atoms in total. The maximum Gasteiger partial charge on any atom is 0.434 e. The fourth-order valence-electron chi connectivity index (χ4n) is 3.65. The molecule has 11 heteroatoms. The molecule has 0 spiro atoms. The summed E-state index contributed by atoms with van der Waals surface area (Å²) >= 11 is 8.36. The van der Waals surface area contributed by atoms with Crippen LogP contribution < -0.4 is 14.9 Å². The third-order valence-electron chi connectivity index (χ3n) is 5.19. The van der Waals surface area contributed by atoms with Gasteiger partial charge in [-0.2, -0.15) is 13.2 Å². The van der Waals surface area contributed by atoms with Crippen molar-refractivity contribution in [1.82, 2.24) is 4.57 Å². The number of thiazole rings is 1. The van der Waals surface area contributed by atoms with Gasteiger partial charge in [0.15, 0.2) is 10.5 Å². The van der Waals surface area contributed by atoms with E-state index in [4.69, 9.17) is 16.3 Å². The molecule has 0 amide bonds. The first-order valence-electron chi connectivity index (χ1n) is 10.3. The van der Waals surface area contributed by atoms with Gasteiger partial charge in [-0.1, -0.05) is 47.2 Å². The highest BCUT2D eigenvalue weighted by molar-refractivity contribution is 7.98. The number of ether oxygens (including phenoxy) is 1. The fraction of sp³-hybridized carbons (Fsp3) is 0.208. The number of thioether (sulfide) groups is 1. The summed E-state index contributed by atoms with van der Waals surface area (Å²) < 4.78 is 48.5. The number of benzene rings is 2. The molecule has 1 atom stereocenters. The van der Waals surface area contributed by atoms with E-state index in [1.807, 2.05) is 30.5 Å². The number of hydrogen-bond donors (Lipinski definition) is 0. The Hall–Kier alpha value is -2.82. The molecule has 0 bridgehead atoms. The number of allylic oxidation sites excluding steroid dienone is 1. The number of esters is 1. The van der Waals surface area contributed by atoms with E-state index in [2.05, 4.69) is 4.99 Å². The molecule has 0 N–H and O–H groups in total. The van der Waals surface area contributed by atoms with E-state index in [9.17, 15) is 22.8 Å². The van der Waals surface area contributed by atoms with Crippen molar-refractivity contribution in [1.29, 1.82) is 0 Å². The first-order valence-corrected chi connectivity index (χ1v) is 12.8. The Morgan fingerprint density at radius 3 is 2.43 bits per heavy atom. The standard InChI is InChI=1S/C24H18ClF3N2O3S2/c1-3-33-22(32)18-19(14-6-8-15(25)9-7-14)30-21(31)17(12-13-4-10-16(34-2)11-5-13)35-23(30)29-20(18)24(26,27)28/h4-12,19H,3H2,1-2H3/b17-12-/t19-/m1/s1. The molecular formula is C24H18ClF3N2O3S2. The average Bonchev–Trinajstić information content (AvgIpc) is 3.13. The minimum absolute atomic E-state index is 0.142. The molecule has 0 fully saturated rings. The SMILES string of the molecule is CCOC(=O)C1=C(C(F)(F)F)N=c2s/c(=C\c3ccc(SC)cc3)c(=O)n2[C@@H]1c1ccc(Cl)cc1. The van der Waals surface area contributed by atoms with E-state index in [1.54, 1.807) is 17.8 Å². The zero-order chi connectivity index (χ0) is 25.3. The molecule has 0 radical (unpaired) electrons. The van der Waals surface area contributed by atoms with Crippen LogP contribution in [0.4, 0.5) is 13.2 Å². The van der Waals surface area contributed by atoms with Crippen molar-refractivity contribution in [3.8, 4) is 0 Å². The molecule has 3 aromatic rings. The van der Waals surface area contributed by atoms with Crippen LogP contribution in [0, 0.1) is 0 Å². The van der Waals surface area contributed by atoms with Gasteiger partial charge >= 0.3 is 12.1 Å². The number of aromatic nitrogens is 1. The Balaban J connectivity index is 2.01. The molecule has 182 valence electrons. The predicted octanol–water partition coefficient (Wildman–Crippen LogP) is 4.72. The van der Waals surface area contributed by atoms with Crippen LogP contribution in [-0.4, -0.2) is 29.6 Å². The molecule has 4 rings (SSSR count). The fourth-order valence-corrected chi connectivity index (χ4v) is 5.19. The van der Waals surface area contributed by atoms with Crippen LogP contribution in [-0.2, 0) is 9.53 Å². The van der Waals surface area contributed by atoms with Gasteiger partial charge in [-0.15, -0.1) is 11.8 Å². The van der Waals surface area contributed by atoms with E-state index in [1.165, 1.54) is 31.2 Å². The summed E-state index contributed by atoms with van der Waals surface area (Å²) in [5, 5.41) is 0.354. The molecule has 0 saturated heterocycles. The number of carbonyl (C=O) groups excluding carboxylic acids is 1. The van der Waals surface area contributed by atoms with Gasteiger partial charge in [-0.05, 0) is 54.6 Å². The first kappa shape index (κ1) is 25.3. The van der Waals surface area contributed by atoms with E-state index < -0.39 is 35.0 Å². The summed E-state index contributed by atoms with van der Waals surface area (Å²) in [7, 11) is 0. The van der Waals surface area contributed by atoms with Gasteiger partial charge in [0.05, 0.1) is 22.8 Å². The van der Waals surface area contributed by atoms with Crippen molar-refractivity contribution < 1.29 is 22.7 Å². The topological polar surface area (TPSA) is 60.7 Å².